The molecule has 0 N–H and O–H groups in total. The fourth-order valence-corrected chi connectivity index (χ4v) is 2.86. The van der Waals surface area contributed by atoms with Gasteiger partial charge in [0.05, 0.1) is 19.3 Å². The summed E-state index contributed by atoms with van der Waals surface area (Å²) in [5.41, 5.74) is 1.23. The number of amides is 1. The Labute approximate surface area is 129 Å². The minimum absolute atomic E-state index is 0.0796. The first kappa shape index (κ1) is 14.9. The van der Waals surface area contributed by atoms with Gasteiger partial charge in [-0.3, -0.25) is 4.79 Å². The molecule has 0 saturated carbocycles. The summed E-state index contributed by atoms with van der Waals surface area (Å²) in [6.07, 6.45) is 0. The Hall–Kier alpha value is -2.01. The van der Waals surface area contributed by atoms with Crippen molar-refractivity contribution in [3.05, 3.63) is 29.5 Å². The van der Waals surface area contributed by atoms with Crippen molar-refractivity contribution in [3.8, 4) is 5.75 Å². The summed E-state index contributed by atoms with van der Waals surface area (Å²) in [5.74, 6) is 1.08. The summed E-state index contributed by atoms with van der Waals surface area (Å²) < 4.78 is 16.7. The number of aryl methyl sites for hydroxylation is 1. The van der Waals surface area contributed by atoms with E-state index in [1.54, 1.807) is 12.0 Å². The number of carbonyl (C=O) groups is 1. The van der Waals surface area contributed by atoms with Gasteiger partial charge in [-0.2, -0.15) is 0 Å². The molecule has 1 aliphatic rings. The van der Waals surface area contributed by atoms with Crippen LogP contribution in [0.5, 0.6) is 5.75 Å². The molecule has 1 saturated heterocycles. The highest BCUT2D eigenvalue weighted by Gasteiger charge is 2.32. The van der Waals surface area contributed by atoms with E-state index in [9.17, 15) is 4.79 Å². The third-order valence-corrected chi connectivity index (χ3v) is 4.05. The Bertz CT molecular complexity index is 717. The van der Waals surface area contributed by atoms with Gasteiger partial charge in [-0.15, -0.1) is 0 Å². The molecule has 0 unspecified atom stereocenters. The maximum Gasteiger partial charge on any atom is 0.290 e. The number of ether oxygens (including phenoxy) is 2. The smallest absolute Gasteiger partial charge is 0.290 e. The van der Waals surface area contributed by atoms with Crippen molar-refractivity contribution in [2.45, 2.75) is 26.4 Å². The molecular formula is C17H21NO4. The van der Waals surface area contributed by atoms with Crippen LogP contribution in [-0.4, -0.2) is 43.2 Å². The van der Waals surface area contributed by atoms with E-state index in [4.69, 9.17) is 13.9 Å². The van der Waals surface area contributed by atoms with Crippen LogP contribution in [-0.2, 0) is 4.74 Å². The van der Waals surface area contributed by atoms with E-state index in [1.165, 1.54) is 0 Å². The largest absolute Gasteiger partial charge is 0.497 e. The van der Waals surface area contributed by atoms with Gasteiger partial charge in [0.2, 0.25) is 0 Å². The first-order valence-corrected chi connectivity index (χ1v) is 7.42. The number of benzene rings is 1. The van der Waals surface area contributed by atoms with Crippen LogP contribution in [0, 0.1) is 6.92 Å². The van der Waals surface area contributed by atoms with Crippen molar-refractivity contribution in [1.29, 1.82) is 0 Å². The zero-order valence-corrected chi connectivity index (χ0v) is 13.4. The van der Waals surface area contributed by atoms with E-state index in [2.05, 4.69) is 0 Å². The second-order valence-corrected chi connectivity index (χ2v) is 6.25. The summed E-state index contributed by atoms with van der Waals surface area (Å²) in [5, 5.41) is 0.912. The van der Waals surface area contributed by atoms with Gasteiger partial charge in [0.15, 0.2) is 5.76 Å². The highest BCUT2D eigenvalue weighted by atomic mass is 16.5. The standard InChI is InChI=1S/C17H21NO4/c1-11-13-9-12(20-4)5-6-14(13)22-15(11)16(19)18-7-8-21-17(2,3)10-18/h5-6,9H,7-8,10H2,1-4H3. The van der Waals surface area contributed by atoms with Gasteiger partial charge in [0.25, 0.3) is 5.91 Å². The zero-order chi connectivity index (χ0) is 15.9. The Kier molecular flexibility index (Phi) is 3.60. The van der Waals surface area contributed by atoms with Crippen LogP contribution in [0.4, 0.5) is 0 Å². The molecule has 1 amide bonds. The van der Waals surface area contributed by atoms with E-state index in [0.29, 0.717) is 31.0 Å². The zero-order valence-electron chi connectivity index (χ0n) is 13.4. The molecular weight excluding hydrogens is 282 g/mol. The number of morpholine rings is 1. The van der Waals surface area contributed by atoms with E-state index in [0.717, 1.165) is 16.7 Å². The molecule has 5 nitrogen and oxygen atoms in total. The number of hydrogen-bond donors (Lipinski definition) is 0. The number of hydrogen-bond acceptors (Lipinski definition) is 4. The number of methoxy groups -OCH3 is 1. The normalized spacial score (nSPS) is 17.7. The maximum absolute atomic E-state index is 12.8. The molecule has 3 rings (SSSR count). The molecule has 0 aliphatic carbocycles. The molecule has 1 aromatic heterocycles. The second-order valence-electron chi connectivity index (χ2n) is 6.25. The molecule has 0 bridgehead atoms. The summed E-state index contributed by atoms with van der Waals surface area (Å²) in [4.78, 5) is 14.6. The Morgan fingerprint density at radius 1 is 1.36 bits per heavy atom. The first-order chi connectivity index (χ1) is 10.4. The predicted octanol–water partition coefficient (Wildman–Crippen LogP) is 3.00. The topological polar surface area (TPSA) is 51.9 Å². The van der Waals surface area contributed by atoms with Gasteiger partial charge in [0.1, 0.15) is 11.3 Å². The van der Waals surface area contributed by atoms with E-state index in [-0.39, 0.29) is 11.5 Å². The second kappa shape index (κ2) is 5.32. The average Bonchev–Trinajstić information content (AvgIpc) is 2.82. The Morgan fingerprint density at radius 3 is 2.82 bits per heavy atom. The van der Waals surface area contributed by atoms with Gasteiger partial charge in [0, 0.05) is 24.0 Å². The van der Waals surface area contributed by atoms with Crippen LogP contribution in [0.15, 0.2) is 22.6 Å². The fraction of sp³-hybridized carbons (Fsp3) is 0.471. The van der Waals surface area contributed by atoms with Gasteiger partial charge >= 0.3 is 0 Å². The molecule has 118 valence electrons. The van der Waals surface area contributed by atoms with Crippen LogP contribution in [0.25, 0.3) is 11.0 Å². The van der Waals surface area contributed by atoms with Crippen LogP contribution in [0.2, 0.25) is 0 Å². The monoisotopic (exact) mass is 303 g/mol. The first-order valence-electron chi connectivity index (χ1n) is 7.42. The molecule has 0 atom stereocenters. The summed E-state index contributed by atoms with van der Waals surface area (Å²) >= 11 is 0. The third-order valence-electron chi connectivity index (χ3n) is 4.05. The lowest BCUT2D eigenvalue weighted by molar-refractivity contribution is -0.0768. The number of rotatable bonds is 2. The molecule has 0 spiro atoms. The van der Waals surface area contributed by atoms with Crippen LogP contribution in [0.3, 0.4) is 0 Å². The molecule has 22 heavy (non-hydrogen) atoms. The molecule has 5 heteroatoms. The molecule has 1 aliphatic heterocycles. The van der Waals surface area contributed by atoms with Gasteiger partial charge < -0.3 is 18.8 Å². The van der Waals surface area contributed by atoms with Crippen LogP contribution >= 0.6 is 0 Å². The quantitative estimate of drug-likeness (QED) is 0.856. The maximum atomic E-state index is 12.8. The fourth-order valence-electron chi connectivity index (χ4n) is 2.86. The van der Waals surface area contributed by atoms with Gasteiger partial charge in [-0.25, -0.2) is 0 Å². The number of nitrogens with zero attached hydrogens (tertiary/aromatic N) is 1. The van der Waals surface area contributed by atoms with E-state index < -0.39 is 0 Å². The molecule has 2 aromatic rings. The number of fused-ring (bicyclic) bond motifs is 1. The molecule has 1 fully saturated rings. The van der Waals surface area contributed by atoms with Crippen molar-refractivity contribution in [1.82, 2.24) is 4.90 Å². The average molecular weight is 303 g/mol. The third kappa shape index (κ3) is 2.57. The van der Waals surface area contributed by atoms with Crippen molar-refractivity contribution in [2.24, 2.45) is 0 Å². The van der Waals surface area contributed by atoms with Crippen molar-refractivity contribution < 1.29 is 18.7 Å². The molecule has 0 radical (unpaired) electrons. The Balaban J connectivity index is 1.95. The minimum atomic E-state index is -0.322. The van der Waals surface area contributed by atoms with Crippen molar-refractivity contribution in [3.63, 3.8) is 0 Å². The number of carbonyl (C=O) groups excluding carboxylic acids is 1. The summed E-state index contributed by atoms with van der Waals surface area (Å²) in [7, 11) is 1.62. The minimum Gasteiger partial charge on any atom is -0.497 e. The summed E-state index contributed by atoms with van der Waals surface area (Å²) in [6, 6.07) is 5.56. The van der Waals surface area contributed by atoms with Crippen LogP contribution in [0.1, 0.15) is 30.0 Å². The lowest BCUT2D eigenvalue weighted by Gasteiger charge is -2.37. The SMILES string of the molecule is COc1ccc2oc(C(=O)N3CCOC(C)(C)C3)c(C)c2c1. The van der Waals surface area contributed by atoms with E-state index in [1.807, 2.05) is 39.0 Å². The number of furan rings is 1. The van der Waals surface area contributed by atoms with E-state index >= 15 is 0 Å². The molecule has 1 aromatic carbocycles. The van der Waals surface area contributed by atoms with Crippen molar-refractivity contribution in [2.75, 3.05) is 26.8 Å². The predicted molar refractivity (Wildman–Crippen MR) is 83.4 cm³/mol. The molecule has 2 heterocycles. The Morgan fingerprint density at radius 2 is 2.14 bits per heavy atom. The van der Waals surface area contributed by atoms with Gasteiger partial charge in [-0.05, 0) is 39.0 Å². The summed E-state index contributed by atoms with van der Waals surface area (Å²) in [6.45, 7) is 7.58. The highest BCUT2D eigenvalue weighted by molar-refractivity contribution is 5.99. The van der Waals surface area contributed by atoms with Gasteiger partial charge in [-0.1, -0.05) is 0 Å². The lowest BCUT2D eigenvalue weighted by atomic mass is 10.1. The van der Waals surface area contributed by atoms with Crippen LogP contribution < -0.4 is 4.74 Å². The highest BCUT2D eigenvalue weighted by Crippen LogP contribution is 2.30. The lowest BCUT2D eigenvalue weighted by Crippen LogP contribution is -2.50. The van der Waals surface area contributed by atoms with Crippen molar-refractivity contribution >= 4 is 16.9 Å².